The number of morpholine rings is 1. The second-order valence-corrected chi connectivity index (χ2v) is 6.56. The van der Waals surface area contributed by atoms with Crippen molar-refractivity contribution >= 4 is 23.2 Å². The molecule has 1 aliphatic rings. The van der Waals surface area contributed by atoms with Crippen LogP contribution >= 0.6 is 0 Å². The molecular formula is C21H25N3O3. The number of hydrogen-bond acceptors (Lipinski definition) is 4. The number of nitrogens with zero attached hydrogens (tertiary/aromatic N) is 1. The van der Waals surface area contributed by atoms with E-state index in [0.29, 0.717) is 0 Å². The Bertz CT molecular complexity index is 756. The molecule has 0 spiro atoms. The molecule has 6 nitrogen and oxygen atoms in total. The maximum Gasteiger partial charge on any atom is 0.226 e. The largest absolute Gasteiger partial charge is 0.378 e. The summed E-state index contributed by atoms with van der Waals surface area (Å²) in [5.74, 6) is -0.303. The number of rotatable bonds is 6. The minimum atomic E-state index is -0.351. The van der Waals surface area contributed by atoms with Gasteiger partial charge in [-0.2, -0.15) is 0 Å². The number of ether oxygens (including phenoxy) is 1. The Balaban J connectivity index is 1.60. The van der Waals surface area contributed by atoms with Crippen molar-refractivity contribution in [1.82, 2.24) is 5.32 Å². The van der Waals surface area contributed by atoms with E-state index in [1.165, 1.54) is 6.92 Å². The number of carbonyl (C=O) groups is 2. The van der Waals surface area contributed by atoms with Gasteiger partial charge in [0.2, 0.25) is 11.8 Å². The Morgan fingerprint density at radius 1 is 1.04 bits per heavy atom. The first-order chi connectivity index (χ1) is 13.1. The highest BCUT2D eigenvalue weighted by atomic mass is 16.5. The molecule has 1 aliphatic heterocycles. The van der Waals surface area contributed by atoms with Gasteiger partial charge in [0.1, 0.15) is 0 Å². The Morgan fingerprint density at radius 3 is 2.33 bits per heavy atom. The average molecular weight is 367 g/mol. The van der Waals surface area contributed by atoms with Crippen LogP contribution in [0.3, 0.4) is 0 Å². The van der Waals surface area contributed by atoms with Crippen molar-refractivity contribution in [3.63, 3.8) is 0 Å². The topological polar surface area (TPSA) is 70.7 Å². The van der Waals surface area contributed by atoms with Crippen LogP contribution in [0.1, 0.15) is 24.9 Å². The van der Waals surface area contributed by atoms with Crippen LogP contribution in [-0.4, -0.2) is 38.1 Å². The molecule has 2 aromatic rings. The molecule has 1 unspecified atom stereocenters. The smallest absolute Gasteiger partial charge is 0.226 e. The van der Waals surface area contributed by atoms with Gasteiger partial charge in [0.05, 0.1) is 25.7 Å². The van der Waals surface area contributed by atoms with E-state index in [0.717, 1.165) is 43.2 Å². The third kappa shape index (κ3) is 5.56. The van der Waals surface area contributed by atoms with Gasteiger partial charge in [0, 0.05) is 31.4 Å². The van der Waals surface area contributed by atoms with Gasteiger partial charge in [0.25, 0.3) is 0 Å². The van der Waals surface area contributed by atoms with Gasteiger partial charge in [-0.1, -0.05) is 30.3 Å². The molecule has 1 atom stereocenters. The van der Waals surface area contributed by atoms with Gasteiger partial charge < -0.3 is 20.3 Å². The van der Waals surface area contributed by atoms with Crippen molar-refractivity contribution in [3.05, 3.63) is 60.2 Å². The van der Waals surface area contributed by atoms with Gasteiger partial charge in [0.15, 0.2) is 0 Å². The van der Waals surface area contributed by atoms with Crippen LogP contribution in [0.5, 0.6) is 0 Å². The molecule has 2 aromatic carbocycles. The first-order valence-corrected chi connectivity index (χ1v) is 9.16. The average Bonchev–Trinajstić information content (AvgIpc) is 2.69. The number of anilines is 2. The summed E-state index contributed by atoms with van der Waals surface area (Å²) < 4.78 is 5.37. The predicted molar refractivity (Wildman–Crippen MR) is 106 cm³/mol. The van der Waals surface area contributed by atoms with Crippen LogP contribution < -0.4 is 15.5 Å². The lowest BCUT2D eigenvalue weighted by molar-refractivity contribution is -0.120. The number of hydrogen-bond donors (Lipinski definition) is 2. The zero-order valence-corrected chi connectivity index (χ0v) is 15.5. The summed E-state index contributed by atoms with van der Waals surface area (Å²) in [6, 6.07) is 17.0. The van der Waals surface area contributed by atoms with Gasteiger partial charge >= 0.3 is 0 Å². The molecule has 0 radical (unpaired) electrons. The Labute approximate surface area is 159 Å². The number of carbonyl (C=O) groups excluding carboxylic acids is 2. The second kappa shape index (κ2) is 9.19. The maximum atomic E-state index is 12.5. The zero-order valence-electron chi connectivity index (χ0n) is 15.5. The molecule has 2 N–H and O–H groups in total. The molecule has 0 aliphatic carbocycles. The van der Waals surface area contributed by atoms with Crippen molar-refractivity contribution in [2.24, 2.45) is 0 Å². The molecule has 6 heteroatoms. The number of amides is 2. The van der Waals surface area contributed by atoms with E-state index >= 15 is 0 Å². The first-order valence-electron chi connectivity index (χ1n) is 9.16. The monoisotopic (exact) mass is 367 g/mol. The van der Waals surface area contributed by atoms with E-state index in [2.05, 4.69) is 15.5 Å². The lowest BCUT2D eigenvalue weighted by Gasteiger charge is -2.28. The summed E-state index contributed by atoms with van der Waals surface area (Å²) in [4.78, 5) is 26.2. The van der Waals surface area contributed by atoms with Crippen LogP contribution in [0.25, 0.3) is 0 Å². The van der Waals surface area contributed by atoms with Gasteiger partial charge in [-0.3, -0.25) is 9.59 Å². The van der Waals surface area contributed by atoms with Crippen LogP contribution in [0.2, 0.25) is 0 Å². The van der Waals surface area contributed by atoms with Crippen LogP contribution in [-0.2, 0) is 14.3 Å². The molecule has 3 rings (SSSR count). The van der Waals surface area contributed by atoms with Crippen LogP contribution in [0.15, 0.2) is 54.6 Å². The molecule has 1 fully saturated rings. The molecule has 1 saturated heterocycles. The number of benzene rings is 2. The minimum Gasteiger partial charge on any atom is -0.378 e. The molecular weight excluding hydrogens is 342 g/mol. The van der Waals surface area contributed by atoms with Gasteiger partial charge in [-0.25, -0.2) is 0 Å². The molecule has 2 amide bonds. The van der Waals surface area contributed by atoms with Crippen molar-refractivity contribution in [1.29, 1.82) is 0 Å². The van der Waals surface area contributed by atoms with E-state index in [1.807, 2.05) is 54.6 Å². The van der Waals surface area contributed by atoms with Crippen LogP contribution in [0.4, 0.5) is 11.4 Å². The second-order valence-electron chi connectivity index (χ2n) is 6.56. The van der Waals surface area contributed by atoms with Gasteiger partial charge in [-0.15, -0.1) is 0 Å². The number of nitrogens with one attached hydrogen (secondary N) is 2. The highest BCUT2D eigenvalue weighted by Crippen LogP contribution is 2.21. The molecule has 1 heterocycles. The lowest BCUT2D eigenvalue weighted by Crippen LogP contribution is -2.36. The molecule has 142 valence electrons. The fourth-order valence-electron chi connectivity index (χ4n) is 3.16. The summed E-state index contributed by atoms with van der Waals surface area (Å²) in [7, 11) is 0. The van der Waals surface area contributed by atoms with Gasteiger partial charge in [-0.05, 0) is 29.8 Å². The fourth-order valence-corrected chi connectivity index (χ4v) is 3.16. The third-order valence-electron chi connectivity index (χ3n) is 4.50. The minimum absolute atomic E-state index is 0.142. The Kier molecular flexibility index (Phi) is 6.44. The molecule has 0 saturated carbocycles. The van der Waals surface area contributed by atoms with Crippen molar-refractivity contribution in [2.75, 3.05) is 36.5 Å². The van der Waals surface area contributed by atoms with Crippen molar-refractivity contribution < 1.29 is 14.3 Å². The third-order valence-corrected chi connectivity index (χ3v) is 4.50. The predicted octanol–water partition coefficient (Wildman–Crippen LogP) is 2.73. The van der Waals surface area contributed by atoms with E-state index in [1.54, 1.807) is 0 Å². The highest BCUT2D eigenvalue weighted by Gasteiger charge is 2.17. The molecule has 27 heavy (non-hydrogen) atoms. The normalized spacial score (nSPS) is 15.1. The summed E-state index contributed by atoms with van der Waals surface area (Å²) in [6.07, 6.45) is 0.175. The maximum absolute atomic E-state index is 12.5. The molecule has 0 aromatic heterocycles. The zero-order chi connectivity index (χ0) is 19.1. The SMILES string of the molecule is CC(=O)NC(CC(=O)Nc1ccc(N2CCOCC2)cc1)c1ccccc1. The standard InChI is InChI=1S/C21H25N3O3/c1-16(25)22-20(17-5-3-2-4-6-17)15-21(26)23-18-7-9-19(10-8-18)24-11-13-27-14-12-24/h2-10,20H,11-15H2,1H3,(H,22,25)(H,23,26). The van der Waals surface area contributed by atoms with Crippen molar-refractivity contribution in [3.8, 4) is 0 Å². The first kappa shape index (κ1) is 18.9. The van der Waals surface area contributed by atoms with E-state index in [-0.39, 0.29) is 24.3 Å². The quantitative estimate of drug-likeness (QED) is 0.824. The summed E-state index contributed by atoms with van der Waals surface area (Å²) in [5.41, 5.74) is 2.77. The Morgan fingerprint density at radius 2 is 1.70 bits per heavy atom. The van der Waals surface area contributed by atoms with E-state index in [4.69, 9.17) is 4.74 Å². The fraction of sp³-hybridized carbons (Fsp3) is 0.333. The van der Waals surface area contributed by atoms with E-state index in [9.17, 15) is 9.59 Å². The Hall–Kier alpha value is -2.86. The van der Waals surface area contributed by atoms with E-state index < -0.39 is 0 Å². The van der Waals surface area contributed by atoms with Crippen LogP contribution in [0, 0.1) is 0 Å². The highest BCUT2D eigenvalue weighted by molar-refractivity contribution is 5.91. The molecule has 0 bridgehead atoms. The lowest BCUT2D eigenvalue weighted by atomic mass is 10.0. The summed E-state index contributed by atoms with van der Waals surface area (Å²) >= 11 is 0. The summed E-state index contributed by atoms with van der Waals surface area (Å²) in [5, 5.41) is 5.76. The van der Waals surface area contributed by atoms with Crippen molar-refractivity contribution in [2.45, 2.75) is 19.4 Å². The summed E-state index contributed by atoms with van der Waals surface area (Å²) in [6.45, 7) is 4.69.